The smallest absolute Gasteiger partial charge is 0.276 e. The van der Waals surface area contributed by atoms with Crippen molar-refractivity contribution in [3.63, 3.8) is 0 Å². The standard InChI is InChI=1S/C26H41N5O6S/c1-6-31(19(4)9-7-8-18(2)3)38(35,36)22-12-10-21(11-13-22)28-29-24-20(5)23(27)25(33)30(26(24)34)14-16-37-17-15-32/h10-13,18-19,32,34H,6-9,14-17,27H2,1-5H3/b29-28+. The van der Waals surface area contributed by atoms with E-state index >= 15 is 0 Å². The van der Waals surface area contributed by atoms with Crippen molar-refractivity contribution in [1.82, 2.24) is 8.87 Å². The second kappa shape index (κ2) is 14.4. The fraction of sp³-hybridized carbons (Fsp3) is 0.577. The van der Waals surface area contributed by atoms with E-state index in [4.69, 9.17) is 15.6 Å². The molecule has 38 heavy (non-hydrogen) atoms. The topological polar surface area (TPSA) is 160 Å². The summed E-state index contributed by atoms with van der Waals surface area (Å²) in [6.07, 6.45) is 2.81. The highest BCUT2D eigenvalue weighted by Crippen LogP contribution is 2.33. The molecule has 0 bridgehead atoms. The molecule has 1 aromatic carbocycles. The van der Waals surface area contributed by atoms with Crippen LogP contribution in [0.15, 0.2) is 44.2 Å². The van der Waals surface area contributed by atoms with E-state index < -0.39 is 21.5 Å². The summed E-state index contributed by atoms with van der Waals surface area (Å²) in [5, 5.41) is 27.7. The maximum absolute atomic E-state index is 13.3. The molecule has 4 N–H and O–H groups in total. The molecule has 0 aliphatic rings. The Labute approximate surface area is 225 Å². The van der Waals surface area contributed by atoms with Crippen LogP contribution in [0.25, 0.3) is 0 Å². The van der Waals surface area contributed by atoms with Crippen LogP contribution in [0.5, 0.6) is 5.88 Å². The molecule has 0 spiro atoms. The van der Waals surface area contributed by atoms with Crippen molar-refractivity contribution in [3.8, 4) is 5.88 Å². The van der Waals surface area contributed by atoms with E-state index in [1.54, 1.807) is 6.92 Å². The number of anilines is 1. The van der Waals surface area contributed by atoms with Gasteiger partial charge < -0.3 is 20.7 Å². The third-order valence-electron chi connectivity index (χ3n) is 6.31. The highest BCUT2D eigenvalue weighted by atomic mass is 32.2. The zero-order valence-corrected chi connectivity index (χ0v) is 23.7. The minimum atomic E-state index is -3.69. The van der Waals surface area contributed by atoms with Crippen molar-refractivity contribution in [3.05, 3.63) is 40.2 Å². The first kappa shape index (κ1) is 31.4. The van der Waals surface area contributed by atoms with Crippen molar-refractivity contribution in [2.75, 3.05) is 32.1 Å². The van der Waals surface area contributed by atoms with Gasteiger partial charge in [-0.15, -0.1) is 5.11 Å². The van der Waals surface area contributed by atoms with Gasteiger partial charge in [0.05, 0.1) is 36.9 Å². The third-order valence-corrected chi connectivity index (χ3v) is 8.42. The first-order valence-corrected chi connectivity index (χ1v) is 14.3. The number of aliphatic hydroxyl groups is 1. The lowest BCUT2D eigenvalue weighted by Gasteiger charge is -2.27. The van der Waals surface area contributed by atoms with Crippen LogP contribution in [0.4, 0.5) is 17.1 Å². The Bertz CT molecular complexity index is 1240. The third kappa shape index (κ3) is 7.85. The van der Waals surface area contributed by atoms with E-state index in [1.165, 1.54) is 28.6 Å². The number of nitrogen functional groups attached to an aromatic ring is 1. The Kier molecular flexibility index (Phi) is 11.9. The molecule has 2 aromatic rings. The van der Waals surface area contributed by atoms with Crippen LogP contribution in [0, 0.1) is 12.8 Å². The molecular weight excluding hydrogens is 510 g/mol. The zero-order chi connectivity index (χ0) is 28.5. The van der Waals surface area contributed by atoms with Crippen molar-refractivity contribution in [1.29, 1.82) is 0 Å². The molecule has 0 aliphatic heterocycles. The number of aromatic nitrogens is 1. The fourth-order valence-electron chi connectivity index (χ4n) is 4.09. The highest BCUT2D eigenvalue weighted by molar-refractivity contribution is 7.89. The van der Waals surface area contributed by atoms with Gasteiger partial charge in [0, 0.05) is 18.2 Å². The average molecular weight is 552 g/mol. The van der Waals surface area contributed by atoms with Crippen molar-refractivity contribution >= 4 is 27.1 Å². The van der Waals surface area contributed by atoms with E-state index in [9.17, 15) is 18.3 Å². The molecule has 1 heterocycles. The number of hydrogen-bond donors (Lipinski definition) is 3. The van der Waals surface area contributed by atoms with E-state index in [0.29, 0.717) is 18.2 Å². The molecule has 2 rings (SSSR count). The van der Waals surface area contributed by atoms with Gasteiger partial charge in [-0.3, -0.25) is 9.36 Å². The van der Waals surface area contributed by atoms with Gasteiger partial charge in [0.15, 0.2) is 5.69 Å². The number of nitrogens with zero attached hydrogens (tertiary/aromatic N) is 4. The summed E-state index contributed by atoms with van der Waals surface area (Å²) in [5.41, 5.74) is 5.92. The number of aliphatic hydroxyl groups excluding tert-OH is 1. The molecule has 212 valence electrons. The Morgan fingerprint density at radius 3 is 2.34 bits per heavy atom. The monoisotopic (exact) mass is 551 g/mol. The number of ether oxygens (including phenoxy) is 1. The van der Waals surface area contributed by atoms with Crippen molar-refractivity contribution in [2.24, 2.45) is 16.1 Å². The normalized spacial score (nSPS) is 13.2. The summed E-state index contributed by atoms with van der Waals surface area (Å²) in [5.74, 6) is 0.161. The molecule has 1 unspecified atom stereocenters. The molecule has 0 radical (unpaired) electrons. The van der Waals surface area contributed by atoms with Gasteiger partial charge in [-0.1, -0.05) is 33.6 Å². The summed E-state index contributed by atoms with van der Waals surface area (Å²) in [6, 6.07) is 5.90. The summed E-state index contributed by atoms with van der Waals surface area (Å²) >= 11 is 0. The van der Waals surface area contributed by atoms with Crippen LogP contribution < -0.4 is 11.3 Å². The number of pyridine rings is 1. The Morgan fingerprint density at radius 1 is 1.11 bits per heavy atom. The van der Waals surface area contributed by atoms with Crippen LogP contribution in [0.3, 0.4) is 0 Å². The largest absolute Gasteiger partial charge is 0.493 e. The summed E-state index contributed by atoms with van der Waals surface area (Å²) in [4.78, 5) is 12.6. The minimum absolute atomic E-state index is 0.00798. The lowest BCUT2D eigenvalue weighted by molar-refractivity contribution is 0.0854. The number of aromatic hydroxyl groups is 1. The second-order valence-electron chi connectivity index (χ2n) is 9.58. The molecule has 1 aromatic heterocycles. The molecule has 0 aliphatic carbocycles. The van der Waals surface area contributed by atoms with Gasteiger partial charge in [0.2, 0.25) is 15.9 Å². The van der Waals surface area contributed by atoms with E-state index in [-0.39, 0.29) is 54.2 Å². The Morgan fingerprint density at radius 2 is 1.76 bits per heavy atom. The lowest BCUT2D eigenvalue weighted by atomic mass is 10.0. The minimum Gasteiger partial charge on any atom is -0.493 e. The number of sulfonamides is 1. The summed E-state index contributed by atoms with van der Waals surface area (Å²) < 4.78 is 34.3. The molecule has 0 saturated heterocycles. The fourth-order valence-corrected chi connectivity index (χ4v) is 5.76. The second-order valence-corrected chi connectivity index (χ2v) is 11.5. The number of rotatable bonds is 15. The van der Waals surface area contributed by atoms with Crippen LogP contribution in [0.2, 0.25) is 0 Å². The number of nitrogens with two attached hydrogens (primary N) is 1. The van der Waals surface area contributed by atoms with Crippen molar-refractivity contribution in [2.45, 2.75) is 71.4 Å². The maximum atomic E-state index is 13.3. The van der Waals surface area contributed by atoms with Gasteiger partial charge in [0.25, 0.3) is 5.56 Å². The van der Waals surface area contributed by atoms with Gasteiger partial charge in [-0.25, -0.2) is 8.42 Å². The number of benzene rings is 1. The van der Waals surface area contributed by atoms with Crippen LogP contribution in [-0.2, 0) is 21.3 Å². The van der Waals surface area contributed by atoms with Crippen LogP contribution in [-0.4, -0.2) is 59.9 Å². The highest BCUT2D eigenvalue weighted by Gasteiger charge is 2.27. The van der Waals surface area contributed by atoms with Gasteiger partial charge in [-0.05, 0) is 50.5 Å². The lowest BCUT2D eigenvalue weighted by Crippen LogP contribution is -2.38. The SMILES string of the molecule is CCN(C(C)CCCC(C)C)S(=O)(=O)c1ccc(/N=N/c2c(C)c(N)c(=O)n(CCOCCO)c2O)cc1. The molecule has 12 heteroatoms. The van der Waals surface area contributed by atoms with Crippen LogP contribution >= 0.6 is 0 Å². The predicted octanol–water partition coefficient (Wildman–Crippen LogP) is 4.09. The van der Waals surface area contributed by atoms with Gasteiger partial charge in [-0.2, -0.15) is 9.42 Å². The first-order chi connectivity index (χ1) is 17.9. The summed E-state index contributed by atoms with van der Waals surface area (Å²) in [6.45, 7) is 10.0. The molecule has 11 nitrogen and oxygen atoms in total. The molecule has 0 fully saturated rings. The van der Waals surface area contributed by atoms with Crippen LogP contribution in [0.1, 0.15) is 52.5 Å². The molecule has 0 amide bonds. The molecular formula is C26H41N5O6S. The van der Waals surface area contributed by atoms with E-state index in [0.717, 1.165) is 23.8 Å². The molecule has 1 atom stereocenters. The molecule has 0 saturated carbocycles. The number of azo groups is 1. The van der Waals surface area contributed by atoms with E-state index in [2.05, 4.69) is 24.1 Å². The maximum Gasteiger partial charge on any atom is 0.276 e. The first-order valence-electron chi connectivity index (χ1n) is 12.9. The van der Waals surface area contributed by atoms with E-state index in [1.807, 2.05) is 13.8 Å². The predicted molar refractivity (Wildman–Crippen MR) is 148 cm³/mol. The summed E-state index contributed by atoms with van der Waals surface area (Å²) in [7, 11) is -3.69. The Hall–Kier alpha value is -2.80. The average Bonchev–Trinajstić information content (AvgIpc) is 2.87. The van der Waals surface area contributed by atoms with Gasteiger partial charge in [0.1, 0.15) is 5.69 Å². The van der Waals surface area contributed by atoms with Crippen molar-refractivity contribution < 1.29 is 23.4 Å². The van der Waals surface area contributed by atoms with Gasteiger partial charge >= 0.3 is 0 Å². The quantitative estimate of drug-likeness (QED) is 0.222. The Balaban J connectivity index is 2.25. The number of hydrogen-bond acceptors (Lipinski definition) is 9. The zero-order valence-electron chi connectivity index (χ0n) is 22.9.